The number of aromatic nitrogens is 1. The highest BCUT2D eigenvalue weighted by Crippen LogP contribution is 2.39. The zero-order valence-corrected chi connectivity index (χ0v) is 13.6. The van der Waals surface area contributed by atoms with Gasteiger partial charge in [0.1, 0.15) is 11.0 Å². The molecule has 3 heterocycles. The number of amides is 2. The molecule has 4 rings (SSSR count). The van der Waals surface area contributed by atoms with Crippen LogP contribution in [0.15, 0.2) is 24.5 Å². The van der Waals surface area contributed by atoms with E-state index < -0.39 is 11.9 Å². The Morgan fingerprint density at radius 2 is 1.96 bits per heavy atom. The van der Waals surface area contributed by atoms with Crippen LogP contribution in [0.3, 0.4) is 0 Å². The standard InChI is InChI=1S/C17H19N3O2S/c18-15(21)12-6-4-10-20(12)16(22)14-11-5-3-7-13(11)23-17(14)19-8-1-2-9-19/h1-2,8-9,12H,3-7,10H2,(H2,18,21)/t12-/m1/s1. The fraction of sp³-hybridized carbons (Fsp3) is 0.412. The summed E-state index contributed by atoms with van der Waals surface area (Å²) in [5.41, 5.74) is 7.45. The normalized spacial score (nSPS) is 20.0. The first-order valence-electron chi connectivity index (χ1n) is 8.05. The van der Waals surface area contributed by atoms with Crippen LogP contribution in [0.1, 0.15) is 40.1 Å². The van der Waals surface area contributed by atoms with Crippen molar-refractivity contribution in [1.82, 2.24) is 9.47 Å². The summed E-state index contributed by atoms with van der Waals surface area (Å²) in [5, 5.41) is 0.972. The fourth-order valence-corrected chi connectivity index (χ4v) is 5.06. The molecule has 1 saturated heterocycles. The SMILES string of the molecule is NC(=O)[C@H]1CCCN1C(=O)c1c(-n2cccc2)sc2c1CCC2. The van der Waals surface area contributed by atoms with Crippen LogP contribution in [0.2, 0.25) is 0 Å². The molecule has 0 saturated carbocycles. The first kappa shape index (κ1) is 14.5. The zero-order chi connectivity index (χ0) is 16.0. The van der Waals surface area contributed by atoms with E-state index in [2.05, 4.69) is 0 Å². The van der Waals surface area contributed by atoms with Crippen molar-refractivity contribution in [2.45, 2.75) is 38.1 Å². The number of thiophene rings is 1. The fourth-order valence-electron chi connectivity index (χ4n) is 3.71. The average molecular weight is 329 g/mol. The molecule has 2 N–H and O–H groups in total. The molecule has 120 valence electrons. The molecule has 0 radical (unpaired) electrons. The number of hydrogen-bond acceptors (Lipinski definition) is 3. The Hall–Kier alpha value is -2.08. The van der Waals surface area contributed by atoms with Crippen molar-refractivity contribution in [3.63, 3.8) is 0 Å². The van der Waals surface area contributed by atoms with Gasteiger partial charge in [-0.05, 0) is 49.8 Å². The second kappa shape index (κ2) is 5.53. The number of carbonyl (C=O) groups excluding carboxylic acids is 2. The summed E-state index contributed by atoms with van der Waals surface area (Å²) in [7, 11) is 0. The first-order valence-corrected chi connectivity index (χ1v) is 8.86. The molecular formula is C17H19N3O2S. The van der Waals surface area contributed by atoms with E-state index in [1.165, 1.54) is 10.4 Å². The summed E-state index contributed by atoms with van der Waals surface area (Å²) in [6.07, 6.45) is 8.54. The molecule has 2 aromatic rings. The van der Waals surface area contributed by atoms with Crippen LogP contribution < -0.4 is 5.73 Å². The summed E-state index contributed by atoms with van der Waals surface area (Å²) in [4.78, 5) is 27.9. The minimum absolute atomic E-state index is 0.0330. The molecular weight excluding hydrogens is 310 g/mol. The Bertz CT molecular complexity index is 763. The lowest BCUT2D eigenvalue weighted by molar-refractivity contribution is -0.121. The van der Waals surface area contributed by atoms with Gasteiger partial charge < -0.3 is 15.2 Å². The Balaban J connectivity index is 1.79. The Labute approximate surface area is 138 Å². The largest absolute Gasteiger partial charge is 0.368 e. The van der Waals surface area contributed by atoms with Crippen molar-refractivity contribution in [3.8, 4) is 5.00 Å². The van der Waals surface area contributed by atoms with Crippen molar-refractivity contribution in [2.75, 3.05) is 6.54 Å². The molecule has 1 atom stereocenters. The Morgan fingerprint density at radius 1 is 1.17 bits per heavy atom. The Kier molecular flexibility index (Phi) is 3.49. The molecule has 0 spiro atoms. The van der Waals surface area contributed by atoms with Gasteiger partial charge in [-0.2, -0.15) is 0 Å². The number of nitrogens with two attached hydrogens (primary N) is 1. The van der Waals surface area contributed by atoms with Crippen molar-refractivity contribution in [2.24, 2.45) is 5.73 Å². The maximum atomic E-state index is 13.2. The second-order valence-electron chi connectivity index (χ2n) is 6.19. The van der Waals surface area contributed by atoms with Crippen LogP contribution in [0.25, 0.3) is 5.00 Å². The maximum absolute atomic E-state index is 13.2. The monoisotopic (exact) mass is 329 g/mol. The van der Waals surface area contributed by atoms with Gasteiger partial charge in [0, 0.05) is 23.8 Å². The average Bonchev–Trinajstić information content (AvgIpc) is 3.27. The number of rotatable bonds is 3. The number of hydrogen-bond donors (Lipinski definition) is 1. The van der Waals surface area contributed by atoms with Gasteiger partial charge in [0.2, 0.25) is 5.91 Å². The van der Waals surface area contributed by atoms with E-state index in [-0.39, 0.29) is 5.91 Å². The van der Waals surface area contributed by atoms with Crippen molar-refractivity contribution in [1.29, 1.82) is 0 Å². The second-order valence-corrected chi connectivity index (χ2v) is 7.27. The first-order chi connectivity index (χ1) is 11.2. The van der Waals surface area contributed by atoms with Gasteiger partial charge in [-0.25, -0.2) is 0 Å². The highest BCUT2D eigenvalue weighted by atomic mass is 32.1. The smallest absolute Gasteiger partial charge is 0.257 e. The molecule has 1 aliphatic heterocycles. The third-order valence-electron chi connectivity index (χ3n) is 4.80. The summed E-state index contributed by atoms with van der Waals surface area (Å²) in [5.74, 6) is -0.431. The molecule has 0 unspecified atom stereocenters. The lowest BCUT2D eigenvalue weighted by atomic mass is 10.1. The van der Waals surface area contributed by atoms with Crippen molar-refractivity contribution in [3.05, 3.63) is 40.5 Å². The molecule has 1 fully saturated rings. The van der Waals surface area contributed by atoms with Gasteiger partial charge in [-0.1, -0.05) is 0 Å². The predicted molar refractivity (Wildman–Crippen MR) is 88.9 cm³/mol. The summed E-state index contributed by atoms with van der Waals surface area (Å²) in [6, 6.07) is 3.46. The lowest BCUT2D eigenvalue weighted by Gasteiger charge is -2.23. The molecule has 23 heavy (non-hydrogen) atoms. The summed E-state index contributed by atoms with van der Waals surface area (Å²) >= 11 is 1.70. The van der Waals surface area contributed by atoms with Crippen molar-refractivity contribution >= 4 is 23.2 Å². The Morgan fingerprint density at radius 3 is 2.70 bits per heavy atom. The topological polar surface area (TPSA) is 68.3 Å². The van der Waals surface area contributed by atoms with E-state index in [1.54, 1.807) is 16.2 Å². The lowest BCUT2D eigenvalue weighted by Crippen LogP contribution is -2.44. The molecule has 0 aromatic carbocycles. The van der Waals surface area contributed by atoms with Crippen LogP contribution in [-0.2, 0) is 17.6 Å². The number of likely N-dealkylation sites (tertiary alicyclic amines) is 1. The molecule has 5 nitrogen and oxygen atoms in total. The van der Waals surface area contributed by atoms with Crippen molar-refractivity contribution < 1.29 is 9.59 Å². The highest BCUT2D eigenvalue weighted by Gasteiger charge is 2.37. The van der Waals surface area contributed by atoms with Gasteiger partial charge in [0.15, 0.2) is 0 Å². The van der Waals surface area contributed by atoms with Gasteiger partial charge in [0.05, 0.1) is 5.56 Å². The number of nitrogens with zero attached hydrogens (tertiary/aromatic N) is 2. The van der Waals surface area contributed by atoms with Gasteiger partial charge in [0.25, 0.3) is 5.91 Å². The van der Waals surface area contributed by atoms with Gasteiger partial charge in [-0.3, -0.25) is 9.59 Å². The predicted octanol–water partition coefficient (Wildman–Crippen LogP) is 2.12. The number of aryl methyl sites for hydroxylation is 1. The van der Waals surface area contributed by atoms with Crippen LogP contribution in [0.4, 0.5) is 0 Å². The van der Waals surface area contributed by atoms with Crippen LogP contribution >= 0.6 is 11.3 Å². The molecule has 2 aromatic heterocycles. The maximum Gasteiger partial charge on any atom is 0.257 e. The minimum Gasteiger partial charge on any atom is -0.368 e. The third kappa shape index (κ3) is 2.28. The van der Waals surface area contributed by atoms with Crippen LogP contribution in [-0.4, -0.2) is 33.9 Å². The van der Waals surface area contributed by atoms with Gasteiger partial charge >= 0.3 is 0 Å². The van der Waals surface area contributed by atoms with E-state index in [0.29, 0.717) is 13.0 Å². The molecule has 6 heteroatoms. The number of primary amides is 1. The van der Waals surface area contributed by atoms with Crippen LogP contribution in [0.5, 0.6) is 0 Å². The summed E-state index contributed by atoms with van der Waals surface area (Å²) < 4.78 is 2.01. The van der Waals surface area contributed by atoms with Crippen LogP contribution in [0, 0.1) is 0 Å². The van der Waals surface area contributed by atoms with E-state index in [0.717, 1.165) is 36.2 Å². The van der Waals surface area contributed by atoms with E-state index in [9.17, 15) is 9.59 Å². The number of carbonyl (C=O) groups is 2. The minimum atomic E-state index is -0.461. The van der Waals surface area contributed by atoms with E-state index >= 15 is 0 Å². The number of fused-ring (bicyclic) bond motifs is 1. The van der Waals surface area contributed by atoms with E-state index in [4.69, 9.17) is 5.73 Å². The highest BCUT2D eigenvalue weighted by molar-refractivity contribution is 7.15. The molecule has 1 aliphatic carbocycles. The summed E-state index contributed by atoms with van der Waals surface area (Å²) in [6.45, 7) is 0.613. The molecule has 0 bridgehead atoms. The molecule has 2 aliphatic rings. The van der Waals surface area contributed by atoms with Gasteiger partial charge in [-0.15, -0.1) is 11.3 Å². The quantitative estimate of drug-likeness (QED) is 0.937. The zero-order valence-electron chi connectivity index (χ0n) is 12.8. The third-order valence-corrected chi connectivity index (χ3v) is 6.10. The molecule has 2 amide bonds. The van der Waals surface area contributed by atoms with E-state index in [1.807, 2.05) is 29.1 Å².